The van der Waals surface area contributed by atoms with Gasteiger partial charge in [0.1, 0.15) is 5.84 Å². The standard InChI is InChI=1S/C14H27N3O/c1-11(12-5-3-2-4-6-12)16-10-14(7-8-14)9-13(15)17-18/h11-12,16,18H,2-10H2,1H3,(H2,15,17)/t11-/m0/s1. The highest BCUT2D eigenvalue weighted by atomic mass is 16.4. The Morgan fingerprint density at radius 1 is 1.39 bits per heavy atom. The van der Waals surface area contributed by atoms with Gasteiger partial charge in [0, 0.05) is 19.0 Å². The molecule has 0 aromatic rings. The van der Waals surface area contributed by atoms with Crippen molar-refractivity contribution in [2.75, 3.05) is 6.54 Å². The molecule has 2 aliphatic carbocycles. The summed E-state index contributed by atoms with van der Waals surface area (Å²) in [6, 6.07) is 0.607. The maximum atomic E-state index is 8.65. The molecule has 2 rings (SSSR count). The maximum Gasteiger partial charge on any atom is 0.139 e. The van der Waals surface area contributed by atoms with Gasteiger partial charge in [-0.15, -0.1) is 0 Å². The molecule has 2 aliphatic rings. The fourth-order valence-electron chi connectivity index (χ4n) is 3.19. The maximum absolute atomic E-state index is 8.65. The van der Waals surface area contributed by atoms with Crippen LogP contribution >= 0.6 is 0 Å². The Labute approximate surface area is 110 Å². The molecule has 0 aliphatic heterocycles. The Morgan fingerprint density at radius 3 is 2.61 bits per heavy atom. The molecule has 1 atom stereocenters. The SMILES string of the molecule is C[C@H](NCC1(CC(N)=NO)CC1)C1CCCCC1. The second-order valence-corrected chi connectivity index (χ2v) is 6.34. The molecule has 0 spiro atoms. The fraction of sp³-hybridized carbons (Fsp3) is 0.929. The molecule has 0 bridgehead atoms. The molecule has 0 amide bonds. The van der Waals surface area contributed by atoms with Gasteiger partial charge in [-0.1, -0.05) is 24.4 Å². The molecule has 4 N–H and O–H groups in total. The van der Waals surface area contributed by atoms with Crippen molar-refractivity contribution in [2.24, 2.45) is 22.2 Å². The molecule has 0 radical (unpaired) electrons. The van der Waals surface area contributed by atoms with Crippen LogP contribution in [0.4, 0.5) is 0 Å². The molecule has 0 aromatic heterocycles. The van der Waals surface area contributed by atoms with Gasteiger partial charge in [0.2, 0.25) is 0 Å². The zero-order valence-electron chi connectivity index (χ0n) is 11.5. The lowest BCUT2D eigenvalue weighted by atomic mass is 9.84. The van der Waals surface area contributed by atoms with Crippen LogP contribution in [0.3, 0.4) is 0 Å². The summed E-state index contributed by atoms with van der Waals surface area (Å²) >= 11 is 0. The first-order valence-corrected chi connectivity index (χ1v) is 7.35. The third-order valence-corrected chi connectivity index (χ3v) is 4.80. The Balaban J connectivity index is 1.73. The minimum atomic E-state index is 0.277. The van der Waals surface area contributed by atoms with Crippen LogP contribution in [0.1, 0.15) is 58.3 Å². The van der Waals surface area contributed by atoms with Crippen molar-refractivity contribution < 1.29 is 5.21 Å². The Morgan fingerprint density at radius 2 is 2.06 bits per heavy atom. The summed E-state index contributed by atoms with van der Waals surface area (Å²) in [6.07, 6.45) is 10.1. The Hall–Kier alpha value is -0.770. The number of hydrogen-bond acceptors (Lipinski definition) is 3. The number of hydrogen-bond donors (Lipinski definition) is 3. The van der Waals surface area contributed by atoms with Crippen LogP contribution in [0.15, 0.2) is 5.16 Å². The van der Waals surface area contributed by atoms with E-state index in [0.717, 1.165) is 18.9 Å². The lowest BCUT2D eigenvalue weighted by Crippen LogP contribution is -2.39. The molecule has 0 saturated heterocycles. The van der Waals surface area contributed by atoms with Crippen LogP contribution in [0.2, 0.25) is 0 Å². The van der Waals surface area contributed by atoms with Gasteiger partial charge in [-0.05, 0) is 43.9 Å². The summed E-state index contributed by atoms with van der Waals surface area (Å²) in [5.41, 5.74) is 5.90. The van der Waals surface area contributed by atoms with E-state index in [1.165, 1.54) is 44.9 Å². The van der Waals surface area contributed by atoms with Gasteiger partial charge in [0.15, 0.2) is 0 Å². The highest BCUT2D eigenvalue weighted by Gasteiger charge is 2.43. The Bertz CT molecular complexity index is 293. The van der Waals surface area contributed by atoms with Crippen molar-refractivity contribution in [3.8, 4) is 0 Å². The average molecular weight is 253 g/mol. The molecule has 2 fully saturated rings. The van der Waals surface area contributed by atoms with Gasteiger partial charge in [-0.3, -0.25) is 0 Å². The van der Waals surface area contributed by atoms with E-state index < -0.39 is 0 Å². The number of nitrogens with one attached hydrogen (secondary N) is 1. The van der Waals surface area contributed by atoms with E-state index in [9.17, 15) is 0 Å². The predicted octanol–water partition coefficient (Wildman–Crippen LogP) is 2.46. The van der Waals surface area contributed by atoms with Crippen LogP contribution < -0.4 is 11.1 Å². The number of rotatable bonds is 6. The van der Waals surface area contributed by atoms with E-state index in [-0.39, 0.29) is 5.41 Å². The molecule has 4 heteroatoms. The van der Waals surface area contributed by atoms with E-state index in [0.29, 0.717) is 11.9 Å². The van der Waals surface area contributed by atoms with E-state index in [2.05, 4.69) is 17.4 Å². The molecule has 0 aromatic carbocycles. The normalized spacial score (nSPS) is 25.9. The first kappa shape index (κ1) is 13.7. The average Bonchev–Trinajstić information content (AvgIpc) is 3.17. The first-order valence-electron chi connectivity index (χ1n) is 7.35. The highest BCUT2D eigenvalue weighted by molar-refractivity contribution is 5.80. The molecule has 18 heavy (non-hydrogen) atoms. The van der Waals surface area contributed by atoms with Gasteiger partial charge in [0.25, 0.3) is 0 Å². The monoisotopic (exact) mass is 253 g/mol. The van der Waals surface area contributed by atoms with Crippen LogP contribution in [0, 0.1) is 11.3 Å². The zero-order chi connectivity index (χ0) is 13.0. The minimum absolute atomic E-state index is 0.277. The van der Waals surface area contributed by atoms with Gasteiger partial charge in [0.05, 0.1) is 0 Å². The van der Waals surface area contributed by atoms with E-state index >= 15 is 0 Å². The number of oxime groups is 1. The van der Waals surface area contributed by atoms with Gasteiger partial charge >= 0.3 is 0 Å². The summed E-state index contributed by atoms with van der Waals surface area (Å²) in [6.45, 7) is 3.33. The highest BCUT2D eigenvalue weighted by Crippen LogP contribution is 2.48. The predicted molar refractivity (Wildman–Crippen MR) is 73.7 cm³/mol. The smallest absolute Gasteiger partial charge is 0.139 e. The molecular formula is C14H27N3O. The summed E-state index contributed by atoms with van der Waals surface area (Å²) in [5, 5.41) is 15.4. The molecule has 0 unspecified atom stereocenters. The summed E-state index contributed by atoms with van der Waals surface area (Å²) < 4.78 is 0. The van der Waals surface area contributed by atoms with Crippen molar-refractivity contribution in [2.45, 2.75) is 64.3 Å². The van der Waals surface area contributed by atoms with Crippen LogP contribution in [0.25, 0.3) is 0 Å². The van der Waals surface area contributed by atoms with E-state index in [1.54, 1.807) is 0 Å². The van der Waals surface area contributed by atoms with Crippen molar-refractivity contribution in [3.05, 3.63) is 0 Å². The summed E-state index contributed by atoms with van der Waals surface area (Å²) in [4.78, 5) is 0. The first-order chi connectivity index (χ1) is 8.65. The molecular weight excluding hydrogens is 226 g/mol. The van der Waals surface area contributed by atoms with Crippen molar-refractivity contribution >= 4 is 5.84 Å². The molecule has 104 valence electrons. The lowest BCUT2D eigenvalue weighted by Gasteiger charge is -2.29. The second-order valence-electron chi connectivity index (χ2n) is 6.34. The van der Waals surface area contributed by atoms with Crippen LogP contribution in [-0.4, -0.2) is 23.6 Å². The summed E-state index contributed by atoms with van der Waals surface area (Å²) in [5.74, 6) is 1.22. The molecule has 0 heterocycles. The lowest BCUT2D eigenvalue weighted by molar-refractivity contribution is 0.268. The number of nitrogens with two attached hydrogens (primary N) is 1. The third-order valence-electron chi connectivity index (χ3n) is 4.80. The molecule has 2 saturated carbocycles. The van der Waals surface area contributed by atoms with Crippen LogP contribution in [-0.2, 0) is 0 Å². The minimum Gasteiger partial charge on any atom is -0.409 e. The van der Waals surface area contributed by atoms with Crippen LogP contribution in [0.5, 0.6) is 0 Å². The number of nitrogens with zero attached hydrogens (tertiary/aromatic N) is 1. The van der Waals surface area contributed by atoms with E-state index in [4.69, 9.17) is 10.9 Å². The van der Waals surface area contributed by atoms with Crippen molar-refractivity contribution in [1.29, 1.82) is 0 Å². The van der Waals surface area contributed by atoms with Crippen molar-refractivity contribution in [1.82, 2.24) is 5.32 Å². The fourth-order valence-corrected chi connectivity index (χ4v) is 3.19. The Kier molecular flexibility index (Phi) is 4.49. The summed E-state index contributed by atoms with van der Waals surface area (Å²) in [7, 11) is 0. The molecule has 4 nitrogen and oxygen atoms in total. The second kappa shape index (κ2) is 5.91. The van der Waals surface area contributed by atoms with Crippen molar-refractivity contribution in [3.63, 3.8) is 0 Å². The zero-order valence-corrected chi connectivity index (χ0v) is 11.5. The van der Waals surface area contributed by atoms with Gasteiger partial charge < -0.3 is 16.3 Å². The largest absolute Gasteiger partial charge is 0.409 e. The van der Waals surface area contributed by atoms with Gasteiger partial charge in [-0.25, -0.2) is 0 Å². The quantitative estimate of drug-likeness (QED) is 0.295. The topological polar surface area (TPSA) is 70.6 Å². The number of amidine groups is 1. The third kappa shape index (κ3) is 3.61. The van der Waals surface area contributed by atoms with Gasteiger partial charge in [-0.2, -0.15) is 0 Å². The van der Waals surface area contributed by atoms with E-state index in [1.807, 2.05) is 0 Å².